The van der Waals surface area contributed by atoms with E-state index in [4.69, 9.17) is 10.5 Å². The Labute approximate surface area is 100 Å². The number of benzene rings is 2. The molecule has 0 amide bonds. The molecule has 17 heavy (non-hydrogen) atoms. The highest BCUT2D eigenvalue weighted by molar-refractivity contribution is 5.72. The topological polar surface area (TPSA) is 55.5 Å². The van der Waals surface area contributed by atoms with Gasteiger partial charge in [0.1, 0.15) is 11.5 Å². The zero-order valence-electron chi connectivity index (χ0n) is 9.68. The Morgan fingerprint density at radius 2 is 1.82 bits per heavy atom. The van der Waals surface area contributed by atoms with Gasteiger partial charge in [-0.2, -0.15) is 0 Å². The van der Waals surface area contributed by atoms with Crippen molar-refractivity contribution in [3.63, 3.8) is 0 Å². The lowest BCUT2D eigenvalue weighted by molar-refractivity contribution is 0.340. The Bertz CT molecular complexity index is 506. The fourth-order valence-corrected chi connectivity index (χ4v) is 1.69. The van der Waals surface area contributed by atoms with Crippen molar-refractivity contribution in [3.05, 3.63) is 42.5 Å². The monoisotopic (exact) mass is 229 g/mol. The molecule has 0 aliphatic rings. The zero-order valence-corrected chi connectivity index (χ0v) is 9.68. The average molecular weight is 229 g/mol. The number of phenolic OH excluding ortho intramolecular Hbond substituents is 1. The van der Waals surface area contributed by atoms with E-state index in [0.717, 1.165) is 16.9 Å². The van der Waals surface area contributed by atoms with Crippen molar-refractivity contribution in [2.45, 2.75) is 6.92 Å². The molecule has 2 aromatic rings. The molecule has 0 saturated carbocycles. The van der Waals surface area contributed by atoms with Crippen LogP contribution in [0, 0.1) is 0 Å². The SMILES string of the molecule is CCOc1ccc(-c2ccc(N)cc2O)cc1. The molecule has 88 valence electrons. The highest BCUT2D eigenvalue weighted by atomic mass is 16.5. The van der Waals surface area contributed by atoms with Crippen LogP contribution in [0.25, 0.3) is 11.1 Å². The van der Waals surface area contributed by atoms with Gasteiger partial charge in [0.05, 0.1) is 6.61 Å². The van der Waals surface area contributed by atoms with Crippen LogP contribution in [0.15, 0.2) is 42.5 Å². The minimum absolute atomic E-state index is 0.189. The summed E-state index contributed by atoms with van der Waals surface area (Å²) in [5.74, 6) is 1.01. The number of anilines is 1. The number of ether oxygens (including phenoxy) is 1. The maximum absolute atomic E-state index is 9.81. The molecule has 2 rings (SSSR count). The lowest BCUT2D eigenvalue weighted by Gasteiger charge is -2.07. The second-order valence-electron chi connectivity index (χ2n) is 3.73. The van der Waals surface area contributed by atoms with Gasteiger partial charge >= 0.3 is 0 Å². The zero-order chi connectivity index (χ0) is 12.3. The van der Waals surface area contributed by atoms with Gasteiger partial charge in [-0.15, -0.1) is 0 Å². The van der Waals surface area contributed by atoms with Crippen molar-refractivity contribution in [2.75, 3.05) is 12.3 Å². The predicted octanol–water partition coefficient (Wildman–Crippen LogP) is 3.04. The molecule has 3 heteroatoms. The third kappa shape index (κ3) is 2.50. The Morgan fingerprint density at radius 3 is 2.41 bits per heavy atom. The van der Waals surface area contributed by atoms with E-state index < -0.39 is 0 Å². The predicted molar refractivity (Wildman–Crippen MR) is 69.1 cm³/mol. The molecule has 0 unspecified atom stereocenters. The number of phenols is 1. The molecule has 3 nitrogen and oxygen atoms in total. The van der Waals surface area contributed by atoms with Gasteiger partial charge in [0, 0.05) is 17.3 Å². The van der Waals surface area contributed by atoms with Crippen LogP contribution >= 0.6 is 0 Å². The second kappa shape index (κ2) is 4.78. The Kier molecular flexibility index (Phi) is 3.19. The molecule has 0 aromatic heterocycles. The van der Waals surface area contributed by atoms with Gasteiger partial charge in [0.25, 0.3) is 0 Å². The molecule has 0 aliphatic heterocycles. The van der Waals surface area contributed by atoms with Gasteiger partial charge in [-0.25, -0.2) is 0 Å². The molecule has 0 radical (unpaired) electrons. The van der Waals surface area contributed by atoms with E-state index in [1.165, 1.54) is 0 Å². The van der Waals surface area contributed by atoms with Crippen LogP contribution in [-0.4, -0.2) is 11.7 Å². The summed E-state index contributed by atoms with van der Waals surface area (Å²) in [7, 11) is 0. The first-order valence-electron chi connectivity index (χ1n) is 5.52. The van der Waals surface area contributed by atoms with Crippen LogP contribution in [-0.2, 0) is 0 Å². The molecular weight excluding hydrogens is 214 g/mol. The molecule has 2 aromatic carbocycles. The third-order valence-electron chi connectivity index (χ3n) is 2.50. The van der Waals surface area contributed by atoms with Gasteiger partial charge in [-0.3, -0.25) is 0 Å². The van der Waals surface area contributed by atoms with Gasteiger partial charge < -0.3 is 15.6 Å². The quantitative estimate of drug-likeness (QED) is 0.795. The smallest absolute Gasteiger partial charge is 0.125 e. The van der Waals surface area contributed by atoms with E-state index in [-0.39, 0.29) is 5.75 Å². The summed E-state index contributed by atoms with van der Waals surface area (Å²) in [6.45, 7) is 2.59. The standard InChI is InChI=1S/C14H15NO2/c1-2-17-12-6-3-10(4-7-12)13-8-5-11(15)9-14(13)16/h3-9,16H,2,15H2,1H3. The molecule has 0 fully saturated rings. The van der Waals surface area contributed by atoms with Crippen LogP contribution in [0.4, 0.5) is 5.69 Å². The molecule has 3 N–H and O–H groups in total. The van der Waals surface area contributed by atoms with Crippen LogP contribution in [0.3, 0.4) is 0 Å². The Morgan fingerprint density at radius 1 is 1.12 bits per heavy atom. The van der Waals surface area contributed by atoms with Gasteiger partial charge in [-0.05, 0) is 36.8 Å². The number of aromatic hydroxyl groups is 1. The third-order valence-corrected chi connectivity index (χ3v) is 2.50. The number of hydrogen-bond acceptors (Lipinski definition) is 3. The second-order valence-corrected chi connectivity index (χ2v) is 3.73. The fourth-order valence-electron chi connectivity index (χ4n) is 1.69. The van der Waals surface area contributed by atoms with Crippen molar-refractivity contribution in [1.82, 2.24) is 0 Å². The van der Waals surface area contributed by atoms with Crippen LogP contribution in [0.5, 0.6) is 11.5 Å². The van der Waals surface area contributed by atoms with E-state index in [0.29, 0.717) is 12.3 Å². The summed E-state index contributed by atoms with van der Waals surface area (Å²) in [6.07, 6.45) is 0. The maximum atomic E-state index is 9.81. The minimum atomic E-state index is 0.189. The van der Waals surface area contributed by atoms with E-state index in [9.17, 15) is 5.11 Å². The molecule has 0 saturated heterocycles. The van der Waals surface area contributed by atoms with E-state index >= 15 is 0 Å². The van der Waals surface area contributed by atoms with Gasteiger partial charge in [0.15, 0.2) is 0 Å². The summed E-state index contributed by atoms with van der Waals surface area (Å²) in [5, 5.41) is 9.81. The van der Waals surface area contributed by atoms with Crippen molar-refractivity contribution >= 4 is 5.69 Å². The van der Waals surface area contributed by atoms with Crippen LogP contribution in [0.2, 0.25) is 0 Å². The summed E-state index contributed by atoms with van der Waals surface area (Å²) in [6, 6.07) is 12.7. The highest BCUT2D eigenvalue weighted by Gasteiger charge is 2.04. The summed E-state index contributed by atoms with van der Waals surface area (Å²) in [4.78, 5) is 0. The Hall–Kier alpha value is -2.16. The lowest BCUT2D eigenvalue weighted by atomic mass is 10.0. The molecule has 0 bridgehead atoms. The highest BCUT2D eigenvalue weighted by Crippen LogP contribution is 2.31. The van der Waals surface area contributed by atoms with Crippen molar-refractivity contribution in [1.29, 1.82) is 0 Å². The molecule has 0 aliphatic carbocycles. The maximum Gasteiger partial charge on any atom is 0.125 e. The van der Waals surface area contributed by atoms with E-state index in [1.807, 2.05) is 31.2 Å². The first kappa shape index (κ1) is 11.3. The number of nitrogens with two attached hydrogens (primary N) is 1. The molecule has 0 spiro atoms. The average Bonchev–Trinajstić information content (AvgIpc) is 2.31. The fraction of sp³-hybridized carbons (Fsp3) is 0.143. The van der Waals surface area contributed by atoms with Crippen molar-refractivity contribution in [3.8, 4) is 22.6 Å². The first-order valence-corrected chi connectivity index (χ1v) is 5.52. The Balaban J connectivity index is 2.33. The van der Waals surface area contributed by atoms with Gasteiger partial charge in [-0.1, -0.05) is 12.1 Å². The lowest BCUT2D eigenvalue weighted by Crippen LogP contribution is -1.91. The molecule has 0 atom stereocenters. The largest absolute Gasteiger partial charge is 0.507 e. The molecule has 0 heterocycles. The van der Waals surface area contributed by atoms with Crippen molar-refractivity contribution < 1.29 is 9.84 Å². The van der Waals surface area contributed by atoms with E-state index in [1.54, 1.807) is 18.2 Å². The summed E-state index contributed by atoms with van der Waals surface area (Å²) in [5.41, 5.74) is 7.84. The number of nitrogen functional groups attached to an aromatic ring is 1. The van der Waals surface area contributed by atoms with Crippen LogP contribution in [0.1, 0.15) is 6.92 Å². The van der Waals surface area contributed by atoms with Gasteiger partial charge in [0.2, 0.25) is 0 Å². The number of hydrogen-bond donors (Lipinski definition) is 2. The van der Waals surface area contributed by atoms with Crippen LogP contribution < -0.4 is 10.5 Å². The van der Waals surface area contributed by atoms with Crippen molar-refractivity contribution in [2.24, 2.45) is 0 Å². The first-order chi connectivity index (χ1) is 8.20. The summed E-state index contributed by atoms with van der Waals surface area (Å²) >= 11 is 0. The number of rotatable bonds is 3. The summed E-state index contributed by atoms with van der Waals surface area (Å²) < 4.78 is 5.36. The molecular formula is C14H15NO2. The van der Waals surface area contributed by atoms with E-state index in [2.05, 4.69) is 0 Å². The minimum Gasteiger partial charge on any atom is -0.507 e. The normalized spacial score (nSPS) is 10.2.